The SMILES string of the molecule is CC(C)C(C)NC(=O)C1CCN(c2ccccc2S(=O)(=O)C(F)(F)F)CC1. The predicted octanol–water partition coefficient (Wildman–Crippen LogP) is 3.36. The summed E-state index contributed by atoms with van der Waals surface area (Å²) in [7, 11) is -5.43. The minimum absolute atomic E-state index is 0.0317. The number of sulfone groups is 1. The van der Waals surface area contributed by atoms with Gasteiger partial charge in [0.1, 0.15) is 0 Å². The second-order valence-electron chi connectivity index (χ2n) is 7.22. The molecule has 1 aliphatic rings. The average Bonchev–Trinajstić information content (AvgIpc) is 2.60. The van der Waals surface area contributed by atoms with Crippen LogP contribution in [0.15, 0.2) is 29.2 Å². The number of carbonyl (C=O) groups is 1. The average molecular weight is 406 g/mol. The number of hydrogen-bond donors (Lipinski definition) is 1. The largest absolute Gasteiger partial charge is 0.501 e. The first kappa shape index (κ1) is 21.5. The number of rotatable bonds is 5. The normalized spacial score (nSPS) is 17.8. The Labute approximate surface area is 157 Å². The third-order valence-electron chi connectivity index (χ3n) is 5.04. The van der Waals surface area contributed by atoms with E-state index in [9.17, 15) is 26.4 Å². The number of hydrogen-bond acceptors (Lipinski definition) is 4. The van der Waals surface area contributed by atoms with Crippen molar-refractivity contribution < 1.29 is 26.4 Å². The van der Waals surface area contributed by atoms with E-state index in [1.54, 1.807) is 4.90 Å². The van der Waals surface area contributed by atoms with Crippen LogP contribution in [0.5, 0.6) is 0 Å². The summed E-state index contributed by atoms with van der Waals surface area (Å²) in [5.41, 5.74) is -5.32. The molecule has 0 bridgehead atoms. The molecule has 1 aliphatic heterocycles. The van der Waals surface area contributed by atoms with Gasteiger partial charge < -0.3 is 10.2 Å². The Kier molecular flexibility index (Phi) is 6.44. The summed E-state index contributed by atoms with van der Waals surface area (Å²) in [5, 5.41) is 2.96. The first-order valence-electron chi connectivity index (χ1n) is 8.91. The molecule has 0 aliphatic carbocycles. The van der Waals surface area contributed by atoms with Crippen LogP contribution in [0.4, 0.5) is 18.9 Å². The number of para-hydroxylation sites is 1. The van der Waals surface area contributed by atoms with Crippen LogP contribution in [0.2, 0.25) is 0 Å². The molecule has 5 nitrogen and oxygen atoms in total. The molecule has 1 fully saturated rings. The fraction of sp³-hybridized carbons (Fsp3) is 0.611. The van der Waals surface area contributed by atoms with Crippen molar-refractivity contribution in [2.24, 2.45) is 11.8 Å². The van der Waals surface area contributed by atoms with E-state index < -0.39 is 20.2 Å². The summed E-state index contributed by atoms with van der Waals surface area (Å²) < 4.78 is 62.6. The van der Waals surface area contributed by atoms with Crippen molar-refractivity contribution in [3.05, 3.63) is 24.3 Å². The van der Waals surface area contributed by atoms with E-state index in [4.69, 9.17) is 0 Å². The summed E-state index contributed by atoms with van der Waals surface area (Å²) in [4.78, 5) is 13.2. The fourth-order valence-corrected chi connectivity index (χ4v) is 3.94. The summed E-state index contributed by atoms with van der Waals surface area (Å²) in [6, 6.07) is 5.16. The first-order valence-corrected chi connectivity index (χ1v) is 10.4. The quantitative estimate of drug-likeness (QED) is 0.814. The van der Waals surface area contributed by atoms with Gasteiger partial charge in [-0.05, 0) is 37.8 Å². The van der Waals surface area contributed by atoms with Gasteiger partial charge >= 0.3 is 5.51 Å². The van der Waals surface area contributed by atoms with Gasteiger partial charge in [-0.3, -0.25) is 4.79 Å². The zero-order valence-corrected chi connectivity index (χ0v) is 16.4. The molecule has 27 heavy (non-hydrogen) atoms. The molecule has 1 aromatic rings. The van der Waals surface area contributed by atoms with Gasteiger partial charge in [0.05, 0.1) is 10.6 Å². The molecule has 1 amide bonds. The second kappa shape index (κ2) is 8.08. The Hall–Kier alpha value is -1.77. The Morgan fingerprint density at radius 1 is 1.15 bits per heavy atom. The number of anilines is 1. The number of nitrogens with zero attached hydrogens (tertiary/aromatic N) is 1. The lowest BCUT2D eigenvalue weighted by Crippen LogP contribution is -2.44. The summed E-state index contributed by atoms with van der Waals surface area (Å²) >= 11 is 0. The van der Waals surface area contributed by atoms with Gasteiger partial charge in [-0.1, -0.05) is 26.0 Å². The summed E-state index contributed by atoms with van der Waals surface area (Å²) in [5.74, 6) is 0.00868. The van der Waals surface area contributed by atoms with Crippen molar-refractivity contribution in [2.45, 2.75) is 50.1 Å². The minimum Gasteiger partial charge on any atom is -0.370 e. The molecular formula is C18H25F3N2O3S. The second-order valence-corrected chi connectivity index (χ2v) is 9.13. The van der Waals surface area contributed by atoms with E-state index in [0.717, 1.165) is 6.07 Å². The zero-order valence-electron chi connectivity index (χ0n) is 15.6. The van der Waals surface area contributed by atoms with Gasteiger partial charge in [0, 0.05) is 25.0 Å². The molecule has 1 aromatic carbocycles. The smallest absolute Gasteiger partial charge is 0.370 e. The molecule has 1 atom stereocenters. The highest BCUT2D eigenvalue weighted by Gasteiger charge is 2.48. The molecule has 0 spiro atoms. The number of piperidine rings is 1. The van der Waals surface area contributed by atoms with Crippen LogP contribution >= 0.6 is 0 Å². The molecule has 9 heteroatoms. The van der Waals surface area contributed by atoms with Crippen LogP contribution in [0.1, 0.15) is 33.6 Å². The standard InChI is InChI=1S/C18H25F3N2O3S/c1-12(2)13(3)22-17(24)14-8-10-23(11-9-14)15-6-4-5-7-16(15)27(25,26)18(19,20)21/h4-7,12-14H,8-11H2,1-3H3,(H,22,24). The van der Waals surface area contributed by atoms with Gasteiger partial charge in [-0.15, -0.1) is 0 Å². The number of nitrogens with one attached hydrogen (secondary N) is 1. The highest BCUT2D eigenvalue weighted by atomic mass is 32.2. The molecule has 0 radical (unpaired) electrons. The Bertz CT molecular complexity index is 770. The minimum atomic E-state index is -5.43. The van der Waals surface area contributed by atoms with Crippen molar-refractivity contribution >= 4 is 21.4 Å². The Morgan fingerprint density at radius 2 is 1.70 bits per heavy atom. The van der Waals surface area contributed by atoms with E-state index in [1.165, 1.54) is 18.2 Å². The van der Waals surface area contributed by atoms with E-state index in [1.807, 2.05) is 20.8 Å². The van der Waals surface area contributed by atoms with Crippen molar-refractivity contribution in [1.82, 2.24) is 5.32 Å². The maximum atomic E-state index is 13.0. The highest BCUT2D eigenvalue weighted by molar-refractivity contribution is 7.92. The lowest BCUT2D eigenvalue weighted by Gasteiger charge is -2.34. The summed E-state index contributed by atoms with van der Waals surface area (Å²) in [6.07, 6.45) is 0.911. The van der Waals surface area contributed by atoms with Crippen LogP contribution in [0.3, 0.4) is 0 Å². The highest BCUT2D eigenvalue weighted by Crippen LogP contribution is 2.37. The maximum Gasteiger partial charge on any atom is 0.501 e. The Balaban J connectivity index is 2.13. The van der Waals surface area contributed by atoms with E-state index >= 15 is 0 Å². The third kappa shape index (κ3) is 4.75. The van der Waals surface area contributed by atoms with E-state index in [2.05, 4.69) is 5.32 Å². The first-order chi connectivity index (χ1) is 12.4. The van der Waals surface area contributed by atoms with Crippen molar-refractivity contribution in [3.8, 4) is 0 Å². The number of amides is 1. The van der Waals surface area contributed by atoms with Crippen molar-refractivity contribution in [2.75, 3.05) is 18.0 Å². The van der Waals surface area contributed by atoms with Crippen LogP contribution in [-0.2, 0) is 14.6 Å². The number of halogens is 3. The van der Waals surface area contributed by atoms with Gasteiger partial charge in [0.15, 0.2) is 0 Å². The maximum absolute atomic E-state index is 13.0. The zero-order chi connectivity index (χ0) is 20.4. The predicted molar refractivity (Wildman–Crippen MR) is 97.1 cm³/mol. The molecule has 1 heterocycles. The lowest BCUT2D eigenvalue weighted by atomic mass is 9.94. The monoisotopic (exact) mass is 406 g/mol. The molecule has 1 unspecified atom stereocenters. The van der Waals surface area contributed by atoms with Crippen LogP contribution in [-0.4, -0.2) is 39.0 Å². The van der Waals surface area contributed by atoms with Crippen LogP contribution in [0, 0.1) is 11.8 Å². The molecule has 1 N–H and O–H groups in total. The molecule has 0 aromatic heterocycles. The van der Waals surface area contributed by atoms with Crippen LogP contribution < -0.4 is 10.2 Å². The molecule has 0 saturated carbocycles. The van der Waals surface area contributed by atoms with E-state index in [-0.39, 0.29) is 23.6 Å². The number of benzene rings is 1. The van der Waals surface area contributed by atoms with Gasteiger partial charge in [0.2, 0.25) is 5.91 Å². The van der Waals surface area contributed by atoms with Gasteiger partial charge in [-0.25, -0.2) is 8.42 Å². The molecule has 2 rings (SSSR count). The molecular weight excluding hydrogens is 381 g/mol. The van der Waals surface area contributed by atoms with Crippen molar-refractivity contribution in [3.63, 3.8) is 0 Å². The lowest BCUT2D eigenvalue weighted by molar-refractivity contribution is -0.126. The third-order valence-corrected chi connectivity index (χ3v) is 6.57. The Morgan fingerprint density at radius 3 is 2.22 bits per heavy atom. The van der Waals surface area contributed by atoms with Gasteiger partial charge in [0.25, 0.3) is 9.84 Å². The summed E-state index contributed by atoms with van der Waals surface area (Å²) in [6.45, 7) is 6.57. The van der Waals surface area contributed by atoms with E-state index in [0.29, 0.717) is 31.8 Å². The molecule has 152 valence electrons. The number of alkyl halides is 3. The number of carbonyl (C=O) groups excluding carboxylic acids is 1. The topological polar surface area (TPSA) is 66.5 Å². The van der Waals surface area contributed by atoms with Gasteiger partial charge in [-0.2, -0.15) is 13.2 Å². The fourth-order valence-electron chi connectivity index (χ4n) is 2.96. The molecule has 1 saturated heterocycles. The van der Waals surface area contributed by atoms with Crippen molar-refractivity contribution in [1.29, 1.82) is 0 Å². The van der Waals surface area contributed by atoms with Crippen LogP contribution in [0.25, 0.3) is 0 Å².